The Balaban J connectivity index is 1.80. The molecule has 0 fully saturated rings. The molecule has 18 heavy (non-hydrogen) atoms. The molecule has 90 valence electrons. The smallest absolute Gasteiger partial charge is 0.231 e. The van der Waals surface area contributed by atoms with Crippen LogP contribution in [-0.2, 0) is 0 Å². The van der Waals surface area contributed by atoms with E-state index < -0.39 is 0 Å². The van der Waals surface area contributed by atoms with Gasteiger partial charge in [-0.3, -0.25) is 4.79 Å². The quantitative estimate of drug-likeness (QED) is 0.613. The number of hydrogen-bond acceptors (Lipinski definition) is 4. The summed E-state index contributed by atoms with van der Waals surface area (Å²) in [5.74, 6) is 1.81. The summed E-state index contributed by atoms with van der Waals surface area (Å²) in [6.45, 7) is 0.204. The minimum absolute atomic E-state index is 0.107. The van der Waals surface area contributed by atoms with E-state index in [1.165, 1.54) is 6.08 Å². The highest BCUT2D eigenvalue weighted by molar-refractivity contribution is 6.07. The Labute approximate surface area is 103 Å². The number of ether oxygens (including phenoxy) is 2. The molecule has 1 aliphatic heterocycles. The Morgan fingerprint density at radius 1 is 1.17 bits per heavy atom. The van der Waals surface area contributed by atoms with E-state index in [2.05, 4.69) is 0 Å². The average Bonchev–Trinajstić information content (AvgIpc) is 3.05. The Morgan fingerprint density at radius 2 is 2.06 bits per heavy atom. The predicted octanol–water partition coefficient (Wildman–Crippen LogP) is 2.90. The first kappa shape index (κ1) is 10.7. The van der Waals surface area contributed by atoms with Crippen LogP contribution in [0.1, 0.15) is 16.1 Å². The molecule has 0 bridgehead atoms. The van der Waals surface area contributed by atoms with Crippen molar-refractivity contribution in [3.63, 3.8) is 0 Å². The van der Waals surface area contributed by atoms with Gasteiger partial charge in [0.15, 0.2) is 17.3 Å². The molecule has 2 aromatic rings. The van der Waals surface area contributed by atoms with Gasteiger partial charge in [0, 0.05) is 5.56 Å². The Hall–Kier alpha value is -2.49. The Bertz CT molecular complexity index is 596. The molecule has 4 nitrogen and oxygen atoms in total. The highest BCUT2D eigenvalue weighted by Crippen LogP contribution is 2.32. The number of benzene rings is 1. The third-order valence-corrected chi connectivity index (χ3v) is 2.60. The molecular weight excluding hydrogens is 232 g/mol. The molecule has 1 aromatic heterocycles. The fraction of sp³-hybridized carbons (Fsp3) is 0.0714. The molecule has 4 heteroatoms. The van der Waals surface area contributed by atoms with Crippen molar-refractivity contribution in [2.24, 2.45) is 0 Å². The molecule has 0 amide bonds. The van der Waals surface area contributed by atoms with Crippen molar-refractivity contribution < 1.29 is 18.7 Å². The molecule has 0 saturated carbocycles. The summed E-state index contributed by atoms with van der Waals surface area (Å²) in [5, 5.41) is 0. The van der Waals surface area contributed by atoms with Crippen LogP contribution in [0.5, 0.6) is 11.5 Å². The van der Waals surface area contributed by atoms with Gasteiger partial charge >= 0.3 is 0 Å². The van der Waals surface area contributed by atoms with Gasteiger partial charge < -0.3 is 13.9 Å². The SMILES string of the molecule is O=C(C=Cc1ccco1)c1ccc2c(c1)OCO2. The molecule has 0 aliphatic carbocycles. The van der Waals surface area contributed by atoms with Crippen molar-refractivity contribution in [3.8, 4) is 11.5 Å². The van der Waals surface area contributed by atoms with E-state index in [1.807, 2.05) is 0 Å². The van der Waals surface area contributed by atoms with Crippen LogP contribution in [0.4, 0.5) is 0 Å². The van der Waals surface area contributed by atoms with E-state index in [9.17, 15) is 4.79 Å². The zero-order chi connectivity index (χ0) is 12.4. The minimum atomic E-state index is -0.107. The maximum atomic E-state index is 11.9. The van der Waals surface area contributed by atoms with Crippen LogP contribution < -0.4 is 9.47 Å². The van der Waals surface area contributed by atoms with Crippen molar-refractivity contribution in [2.45, 2.75) is 0 Å². The number of rotatable bonds is 3. The van der Waals surface area contributed by atoms with Crippen molar-refractivity contribution in [1.82, 2.24) is 0 Å². The largest absolute Gasteiger partial charge is 0.465 e. The monoisotopic (exact) mass is 242 g/mol. The summed E-state index contributed by atoms with van der Waals surface area (Å²) >= 11 is 0. The number of carbonyl (C=O) groups excluding carboxylic acids is 1. The van der Waals surface area contributed by atoms with Crippen LogP contribution in [0.25, 0.3) is 6.08 Å². The van der Waals surface area contributed by atoms with Gasteiger partial charge in [0.25, 0.3) is 0 Å². The van der Waals surface area contributed by atoms with Gasteiger partial charge in [-0.15, -0.1) is 0 Å². The fourth-order valence-electron chi connectivity index (χ4n) is 1.69. The molecule has 2 heterocycles. The lowest BCUT2D eigenvalue weighted by Crippen LogP contribution is -1.94. The number of allylic oxidation sites excluding steroid dienone is 1. The minimum Gasteiger partial charge on any atom is -0.465 e. The second-order valence-electron chi connectivity index (χ2n) is 3.78. The maximum Gasteiger partial charge on any atom is 0.231 e. The van der Waals surface area contributed by atoms with Gasteiger partial charge in [-0.05, 0) is 42.5 Å². The first-order valence-electron chi connectivity index (χ1n) is 5.48. The van der Waals surface area contributed by atoms with Crippen LogP contribution in [0, 0.1) is 0 Å². The standard InChI is InChI=1S/C14H10O4/c15-12(5-4-11-2-1-7-16-11)10-3-6-13-14(8-10)18-9-17-13/h1-8H,9H2. The lowest BCUT2D eigenvalue weighted by molar-refractivity contribution is 0.104. The fourth-order valence-corrected chi connectivity index (χ4v) is 1.69. The summed E-state index contributed by atoms with van der Waals surface area (Å²) in [4.78, 5) is 11.9. The molecule has 0 unspecified atom stereocenters. The van der Waals surface area contributed by atoms with Crippen molar-refractivity contribution >= 4 is 11.9 Å². The summed E-state index contributed by atoms with van der Waals surface area (Å²) < 4.78 is 15.5. The summed E-state index contributed by atoms with van der Waals surface area (Å²) in [6.07, 6.45) is 4.66. The third kappa shape index (κ3) is 2.00. The van der Waals surface area contributed by atoms with Gasteiger partial charge in [-0.25, -0.2) is 0 Å². The molecule has 0 spiro atoms. The summed E-state index contributed by atoms with van der Waals surface area (Å²) in [6, 6.07) is 8.67. The third-order valence-electron chi connectivity index (χ3n) is 2.60. The van der Waals surface area contributed by atoms with E-state index in [1.54, 1.807) is 42.7 Å². The van der Waals surface area contributed by atoms with E-state index in [4.69, 9.17) is 13.9 Å². The molecule has 3 rings (SSSR count). The van der Waals surface area contributed by atoms with Gasteiger partial charge in [0.1, 0.15) is 5.76 Å². The van der Waals surface area contributed by atoms with Gasteiger partial charge in [0.05, 0.1) is 6.26 Å². The Morgan fingerprint density at radius 3 is 2.89 bits per heavy atom. The first-order chi connectivity index (χ1) is 8.83. The van der Waals surface area contributed by atoms with Crippen LogP contribution in [0.15, 0.2) is 47.1 Å². The maximum absolute atomic E-state index is 11.9. The number of furan rings is 1. The molecule has 0 radical (unpaired) electrons. The van der Waals surface area contributed by atoms with Gasteiger partial charge in [-0.1, -0.05) is 0 Å². The highest BCUT2D eigenvalue weighted by atomic mass is 16.7. The molecular formula is C14H10O4. The van der Waals surface area contributed by atoms with Crippen LogP contribution in [-0.4, -0.2) is 12.6 Å². The lowest BCUT2D eigenvalue weighted by Gasteiger charge is -1.98. The van der Waals surface area contributed by atoms with Crippen molar-refractivity contribution in [1.29, 1.82) is 0 Å². The zero-order valence-electron chi connectivity index (χ0n) is 9.46. The topological polar surface area (TPSA) is 48.7 Å². The van der Waals surface area contributed by atoms with Gasteiger partial charge in [0.2, 0.25) is 6.79 Å². The van der Waals surface area contributed by atoms with Crippen LogP contribution in [0.3, 0.4) is 0 Å². The van der Waals surface area contributed by atoms with Crippen molar-refractivity contribution in [2.75, 3.05) is 6.79 Å². The van der Waals surface area contributed by atoms with Gasteiger partial charge in [-0.2, -0.15) is 0 Å². The normalized spacial score (nSPS) is 13.1. The lowest BCUT2D eigenvalue weighted by atomic mass is 10.1. The second-order valence-corrected chi connectivity index (χ2v) is 3.78. The summed E-state index contributed by atoms with van der Waals surface area (Å²) in [7, 11) is 0. The van der Waals surface area contributed by atoms with E-state index in [0.717, 1.165) is 0 Å². The first-order valence-corrected chi connectivity index (χ1v) is 5.48. The predicted molar refractivity (Wildman–Crippen MR) is 64.6 cm³/mol. The van der Waals surface area contributed by atoms with E-state index >= 15 is 0 Å². The summed E-state index contributed by atoms with van der Waals surface area (Å²) in [5.41, 5.74) is 0.557. The molecule has 0 saturated heterocycles. The average molecular weight is 242 g/mol. The number of ketones is 1. The van der Waals surface area contributed by atoms with Crippen LogP contribution >= 0.6 is 0 Å². The van der Waals surface area contributed by atoms with E-state index in [-0.39, 0.29) is 12.6 Å². The second kappa shape index (κ2) is 4.41. The molecule has 0 N–H and O–H groups in total. The number of carbonyl (C=O) groups is 1. The zero-order valence-corrected chi connectivity index (χ0v) is 9.46. The Kier molecular flexibility index (Phi) is 2.61. The van der Waals surface area contributed by atoms with Crippen LogP contribution in [0.2, 0.25) is 0 Å². The number of hydrogen-bond donors (Lipinski definition) is 0. The highest BCUT2D eigenvalue weighted by Gasteiger charge is 2.14. The molecule has 0 atom stereocenters. The molecule has 1 aliphatic rings. The van der Waals surface area contributed by atoms with E-state index in [0.29, 0.717) is 22.8 Å². The van der Waals surface area contributed by atoms with Crippen molar-refractivity contribution in [3.05, 3.63) is 54.0 Å². The molecule has 1 aromatic carbocycles. The number of fused-ring (bicyclic) bond motifs is 1.